The molecule has 2 heterocycles. The summed E-state index contributed by atoms with van der Waals surface area (Å²) in [6, 6.07) is 7.74. The second kappa shape index (κ2) is 4.77. The van der Waals surface area contributed by atoms with Crippen LogP contribution in [0.4, 0.5) is 5.69 Å². The van der Waals surface area contributed by atoms with E-state index in [0.29, 0.717) is 12.2 Å². The predicted molar refractivity (Wildman–Crippen MR) is 76.2 cm³/mol. The standard InChI is InChI=1S/C13H13BrN4O/c1-8-15-13(17-16-8)9-2-4-11(5-3-9)18-7-10(14)6-12(18)19/h2-5,10H,6-7H2,1H3,(H,15,16,17). The van der Waals surface area contributed by atoms with Crippen LogP contribution in [0.15, 0.2) is 24.3 Å². The maximum absolute atomic E-state index is 11.8. The molecule has 0 radical (unpaired) electrons. The number of aryl methyl sites for hydroxylation is 1. The lowest BCUT2D eigenvalue weighted by molar-refractivity contribution is -0.117. The number of nitrogens with one attached hydrogen (secondary N) is 1. The topological polar surface area (TPSA) is 61.9 Å². The first-order chi connectivity index (χ1) is 9.13. The molecule has 1 aromatic heterocycles. The van der Waals surface area contributed by atoms with Crippen molar-refractivity contribution in [2.24, 2.45) is 0 Å². The molecule has 0 spiro atoms. The van der Waals surface area contributed by atoms with Crippen LogP contribution in [-0.4, -0.2) is 32.5 Å². The van der Waals surface area contributed by atoms with Crippen molar-refractivity contribution in [1.82, 2.24) is 15.2 Å². The zero-order valence-corrected chi connectivity index (χ0v) is 12.0. The second-order valence-electron chi connectivity index (χ2n) is 4.60. The lowest BCUT2D eigenvalue weighted by Gasteiger charge is -2.15. The van der Waals surface area contributed by atoms with Crippen molar-refractivity contribution in [3.63, 3.8) is 0 Å². The zero-order chi connectivity index (χ0) is 13.4. The summed E-state index contributed by atoms with van der Waals surface area (Å²) < 4.78 is 0. The molecule has 1 atom stereocenters. The summed E-state index contributed by atoms with van der Waals surface area (Å²) in [4.78, 5) is 18.1. The number of hydrogen-bond acceptors (Lipinski definition) is 3. The van der Waals surface area contributed by atoms with Crippen molar-refractivity contribution in [1.29, 1.82) is 0 Å². The second-order valence-corrected chi connectivity index (χ2v) is 5.89. The largest absolute Gasteiger partial charge is 0.311 e. The van der Waals surface area contributed by atoms with Gasteiger partial charge in [-0.2, -0.15) is 5.10 Å². The van der Waals surface area contributed by atoms with Gasteiger partial charge in [-0.1, -0.05) is 15.9 Å². The van der Waals surface area contributed by atoms with Crippen molar-refractivity contribution in [3.8, 4) is 11.4 Å². The highest BCUT2D eigenvalue weighted by Gasteiger charge is 2.28. The van der Waals surface area contributed by atoms with Gasteiger partial charge in [0.1, 0.15) is 5.82 Å². The summed E-state index contributed by atoms with van der Waals surface area (Å²) in [5, 5.41) is 6.93. The summed E-state index contributed by atoms with van der Waals surface area (Å²) in [6.07, 6.45) is 0.557. The average Bonchev–Trinajstić information content (AvgIpc) is 2.96. The van der Waals surface area contributed by atoms with E-state index in [1.54, 1.807) is 4.90 Å². The number of aromatic amines is 1. The number of anilines is 1. The van der Waals surface area contributed by atoms with E-state index in [9.17, 15) is 4.79 Å². The summed E-state index contributed by atoms with van der Waals surface area (Å²) in [7, 11) is 0. The van der Waals surface area contributed by atoms with Crippen LogP contribution in [0.5, 0.6) is 0 Å². The van der Waals surface area contributed by atoms with E-state index in [-0.39, 0.29) is 10.7 Å². The average molecular weight is 321 g/mol. The van der Waals surface area contributed by atoms with Crippen molar-refractivity contribution in [2.45, 2.75) is 18.2 Å². The summed E-state index contributed by atoms with van der Waals surface area (Å²) in [5.41, 5.74) is 1.86. The van der Waals surface area contributed by atoms with Crippen LogP contribution in [0.2, 0.25) is 0 Å². The van der Waals surface area contributed by atoms with Crippen LogP contribution < -0.4 is 4.90 Å². The van der Waals surface area contributed by atoms with Crippen LogP contribution in [0, 0.1) is 6.92 Å². The molecule has 5 nitrogen and oxygen atoms in total. The predicted octanol–water partition coefficient (Wildman–Crippen LogP) is 2.28. The van der Waals surface area contributed by atoms with Crippen LogP contribution in [0.25, 0.3) is 11.4 Å². The maximum Gasteiger partial charge on any atom is 0.228 e. The van der Waals surface area contributed by atoms with Gasteiger partial charge in [-0.15, -0.1) is 0 Å². The molecule has 0 saturated carbocycles. The minimum atomic E-state index is 0.156. The third-order valence-corrected chi connectivity index (χ3v) is 3.73. The van der Waals surface area contributed by atoms with E-state index in [4.69, 9.17) is 0 Å². The molecule has 1 fully saturated rings. The van der Waals surface area contributed by atoms with Crippen molar-refractivity contribution < 1.29 is 4.79 Å². The lowest BCUT2D eigenvalue weighted by Crippen LogP contribution is -2.24. The van der Waals surface area contributed by atoms with Gasteiger partial charge in [0.15, 0.2) is 5.82 Å². The Kier molecular flexibility index (Phi) is 3.10. The third kappa shape index (κ3) is 2.40. The smallest absolute Gasteiger partial charge is 0.228 e. The van der Waals surface area contributed by atoms with E-state index in [1.165, 1.54) is 0 Å². The van der Waals surface area contributed by atoms with E-state index >= 15 is 0 Å². The molecule has 2 aromatic rings. The number of carbonyl (C=O) groups is 1. The molecule has 1 amide bonds. The Balaban J connectivity index is 1.85. The number of aromatic nitrogens is 3. The van der Waals surface area contributed by atoms with Crippen molar-refractivity contribution in [2.75, 3.05) is 11.4 Å². The normalized spacial score (nSPS) is 19.2. The SMILES string of the molecule is Cc1nc(-c2ccc(N3CC(Br)CC3=O)cc2)n[nH]1. The number of carbonyl (C=O) groups excluding carboxylic acids is 1. The van der Waals surface area contributed by atoms with Crippen molar-refractivity contribution in [3.05, 3.63) is 30.1 Å². The Morgan fingerprint density at radius 1 is 1.37 bits per heavy atom. The number of alkyl halides is 1. The first-order valence-electron chi connectivity index (χ1n) is 6.07. The molecule has 1 saturated heterocycles. The first kappa shape index (κ1) is 12.3. The number of rotatable bonds is 2. The molecule has 19 heavy (non-hydrogen) atoms. The van der Waals surface area contributed by atoms with Gasteiger partial charge in [0.25, 0.3) is 0 Å². The van der Waals surface area contributed by atoms with Gasteiger partial charge in [-0.25, -0.2) is 4.98 Å². The highest BCUT2D eigenvalue weighted by Crippen LogP contribution is 2.26. The molecule has 0 bridgehead atoms. The van der Waals surface area contributed by atoms with Crippen molar-refractivity contribution >= 4 is 27.5 Å². The number of hydrogen-bond donors (Lipinski definition) is 1. The Morgan fingerprint density at radius 3 is 2.63 bits per heavy atom. The fourth-order valence-corrected chi connectivity index (χ4v) is 2.74. The van der Waals surface area contributed by atoms with Gasteiger partial charge in [0.2, 0.25) is 5.91 Å². The molecule has 1 N–H and O–H groups in total. The summed E-state index contributed by atoms with van der Waals surface area (Å²) in [5.74, 6) is 1.62. The number of H-pyrrole nitrogens is 1. The molecule has 1 unspecified atom stereocenters. The molecule has 1 aliphatic heterocycles. The third-order valence-electron chi connectivity index (χ3n) is 3.11. The Labute approximate surface area is 119 Å². The quantitative estimate of drug-likeness (QED) is 0.863. The minimum Gasteiger partial charge on any atom is -0.311 e. The lowest BCUT2D eigenvalue weighted by atomic mass is 10.2. The first-order valence-corrected chi connectivity index (χ1v) is 6.99. The fraction of sp³-hybridized carbons (Fsp3) is 0.308. The monoisotopic (exact) mass is 320 g/mol. The molecule has 0 aliphatic carbocycles. The van der Waals surface area contributed by atoms with Gasteiger partial charge >= 0.3 is 0 Å². The summed E-state index contributed by atoms with van der Waals surface area (Å²) in [6.45, 7) is 2.59. The molecule has 3 rings (SSSR count). The van der Waals surface area contributed by atoms with Gasteiger partial charge in [0.05, 0.1) is 0 Å². The molecular formula is C13H13BrN4O. The Morgan fingerprint density at radius 2 is 2.11 bits per heavy atom. The van der Waals surface area contributed by atoms with E-state index < -0.39 is 0 Å². The van der Waals surface area contributed by atoms with Gasteiger partial charge in [0, 0.05) is 29.0 Å². The molecule has 1 aromatic carbocycles. The zero-order valence-electron chi connectivity index (χ0n) is 10.4. The van der Waals surface area contributed by atoms with Gasteiger partial charge in [-0.3, -0.25) is 9.89 Å². The Hall–Kier alpha value is -1.69. The molecule has 6 heteroatoms. The summed E-state index contributed by atoms with van der Waals surface area (Å²) >= 11 is 3.48. The van der Waals surface area contributed by atoms with Crippen LogP contribution >= 0.6 is 15.9 Å². The molecule has 1 aliphatic rings. The molecular weight excluding hydrogens is 308 g/mol. The van der Waals surface area contributed by atoms with E-state index in [1.807, 2.05) is 31.2 Å². The van der Waals surface area contributed by atoms with Crippen LogP contribution in [-0.2, 0) is 4.79 Å². The number of halogens is 1. The Bertz CT molecular complexity index is 607. The fourth-order valence-electron chi connectivity index (χ4n) is 2.18. The van der Waals surface area contributed by atoms with E-state index in [0.717, 1.165) is 23.6 Å². The van der Waals surface area contributed by atoms with Crippen LogP contribution in [0.3, 0.4) is 0 Å². The number of nitrogens with zero attached hydrogens (tertiary/aromatic N) is 3. The van der Waals surface area contributed by atoms with E-state index in [2.05, 4.69) is 31.1 Å². The highest BCUT2D eigenvalue weighted by atomic mass is 79.9. The maximum atomic E-state index is 11.8. The van der Waals surface area contributed by atoms with Gasteiger partial charge < -0.3 is 4.90 Å². The van der Waals surface area contributed by atoms with Gasteiger partial charge in [-0.05, 0) is 31.2 Å². The highest BCUT2D eigenvalue weighted by molar-refractivity contribution is 9.09. The number of amides is 1. The molecule has 98 valence electrons. The van der Waals surface area contributed by atoms with Crippen LogP contribution in [0.1, 0.15) is 12.2 Å². The number of benzene rings is 1. The minimum absolute atomic E-state index is 0.156.